The first-order valence-electron chi connectivity index (χ1n) is 11.0. The predicted molar refractivity (Wildman–Crippen MR) is 127 cm³/mol. The van der Waals surface area contributed by atoms with Crippen LogP contribution in [0.15, 0.2) is 73.1 Å². The molecular formula is C26H29N5O. The molecule has 4 rings (SSSR count). The Balaban J connectivity index is 1.70. The van der Waals surface area contributed by atoms with Crippen LogP contribution in [0, 0.1) is 5.92 Å². The molecule has 1 atom stereocenters. The van der Waals surface area contributed by atoms with Gasteiger partial charge in [0.2, 0.25) is 11.9 Å². The van der Waals surface area contributed by atoms with Gasteiger partial charge >= 0.3 is 0 Å². The smallest absolute Gasteiger partial charge is 0.226 e. The number of hydrogen-bond acceptors (Lipinski definition) is 5. The van der Waals surface area contributed by atoms with E-state index in [4.69, 9.17) is 4.98 Å². The van der Waals surface area contributed by atoms with E-state index in [1.54, 1.807) is 6.20 Å². The third-order valence-corrected chi connectivity index (χ3v) is 5.68. The molecule has 1 amide bonds. The standard InChI is InChI=1S/C26H29N5O/c1-30(2)26-28-17-22(23-15-9-10-16-27-23)24(29-26)19-31(18-20-11-5-3-6-12-20)25(32)21-13-7-4-8-14-21/h3-7,9-12,15-17,21H,8,13-14,18-19H2,1-2H3/t21-/m1/s1. The first kappa shape index (κ1) is 21.7. The fourth-order valence-electron chi connectivity index (χ4n) is 3.95. The van der Waals surface area contributed by atoms with E-state index in [9.17, 15) is 4.79 Å². The minimum Gasteiger partial charge on any atom is -0.347 e. The summed E-state index contributed by atoms with van der Waals surface area (Å²) < 4.78 is 0. The molecule has 6 heteroatoms. The SMILES string of the molecule is CN(C)c1ncc(-c2ccccn2)c(CN(Cc2ccccc2)C(=O)[C@@H]2CC=CCC2)n1. The lowest BCUT2D eigenvalue weighted by Gasteiger charge is -2.29. The Morgan fingerprint density at radius 3 is 2.50 bits per heavy atom. The highest BCUT2D eigenvalue weighted by Gasteiger charge is 2.26. The lowest BCUT2D eigenvalue weighted by atomic mass is 9.92. The molecular weight excluding hydrogens is 398 g/mol. The van der Waals surface area contributed by atoms with Gasteiger partial charge in [0.05, 0.1) is 17.9 Å². The second kappa shape index (κ2) is 10.2. The second-order valence-electron chi connectivity index (χ2n) is 8.30. The number of benzene rings is 1. The molecule has 0 fully saturated rings. The molecule has 1 aromatic carbocycles. The highest BCUT2D eigenvalue weighted by molar-refractivity contribution is 5.79. The molecule has 0 N–H and O–H groups in total. The van der Waals surface area contributed by atoms with Crippen LogP contribution in [-0.2, 0) is 17.9 Å². The van der Waals surface area contributed by atoms with Crippen molar-refractivity contribution in [3.8, 4) is 11.3 Å². The van der Waals surface area contributed by atoms with Crippen molar-refractivity contribution < 1.29 is 4.79 Å². The lowest BCUT2D eigenvalue weighted by Crippen LogP contribution is -2.36. The number of pyridine rings is 1. The van der Waals surface area contributed by atoms with E-state index in [1.165, 1.54) is 0 Å². The Hall–Kier alpha value is -3.54. The molecule has 1 aliphatic carbocycles. The third kappa shape index (κ3) is 5.19. The fourth-order valence-corrected chi connectivity index (χ4v) is 3.95. The van der Waals surface area contributed by atoms with Crippen molar-refractivity contribution >= 4 is 11.9 Å². The molecule has 6 nitrogen and oxygen atoms in total. The van der Waals surface area contributed by atoms with E-state index >= 15 is 0 Å². The molecule has 0 radical (unpaired) electrons. The quantitative estimate of drug-likeness (QED) is 0.520. The largest absolute Gasteiger partial charge is 0.347 e. The Morgan fingerprint density at radius 1 is 1.00 bits per heavy atom. The van der Waals surface area contributed by atoms with Crippen LogP contribution >= 0.6 is 0 Å². The normalized spacial score (nSPS) is 15.4. The van der Waals surface area contributed by atoms with Gasteiger partial charge in [-0.15, -0.1) is 0 Å². The summed E-state index contributed by atoms with van der Waals surface area (Å²) in [7, 11) is 3.83. The molecule has 0 saturated heterocycles. The van der Waals surface area contributed by atoms with Crippen LogP contribution in [0.2, 0.25) is 0 Å². The van der Waals surface area contributed by atoms with Crippen LogP contribution in [-0.4, -0.2) is 39.9 Å². The molecule has 0 spiro atoms. The summed E-state index contributed by atoms with van der Waals surface area (Å²) in [5, 5.41) is 0. The van der Waals surface area contributed by atoms with E-state index in [-0.39, 0.29) is 11.8 Å². The van der Waals surface area contributed by atoms with Gasteiger partial charge in [0, 0.05) is 44.5 Å². The van der Waals surface area contributed by atoms with Gasteiger partial charge in [-0.25, -0.2) is 9.97 Å². The Bertz CT molecular complexity index is 1070. The topological polar surface area (TPSA) is 62.2 Å². The summed E-state index contributed by atoms with van der Waals surface area (Å²) in [6.07, 6.45) is 10.5. The minimum absolute atomic E-state index is 0.0113. The number of nitrogens with zero attached hydrogens (tertiary/aromatic N) is 5. The van der Waals surface area contributed by atoms with E-state index in [2.05, 4.69) is 34.3 Å². The lowest BCUT2D eigenvalue weighted by molar-refractivity contribution is -0.137. The van der Waals surface area contributed by atoms with Crippen LogP contribution in [0.25, 0.3) is 11.3 Å². The summed E-state index contributed by atoms with van der Waals surface area (Å²) >= 11 is 0. The average Bonchev–Trinajstić information content (AvgIpc) is 2.85. The van der Waals surface area contributed by atoms with Crippen molar-refractivity contribution in [3.63, 3.8) is 0 Å². The van der Waals surface area contributed by atoms with Crippen molar-refractivity contribution in [2.24, 2.45) is 5.92 Å². The van der Waals surface area contributed by atoms with Crippen molar-refractivity contribution in [1.29, 1.82) is 0 Å². The van der Waals surface area contributed by atoms with Crippen molar-refractivity contribution in [1.82, 2.24) is 19.9 Å². The average molecular weight is 428 g/mol. The Labute approximate surface area is 189 Å². The third-order valence-electron chi connectivity index (χ3n) is 5.68. The fraction of sp³-hybridized carbons (Fsp3) is 0.308. The minimum atomic E-state index is 0.0113. The zero-order valence-corrected chi connectivity index (χ0v) is 18.7. The Kier molecular flexibility index (Phi) is 6.90. The molecule has 0 unspecified atom stereocenters. The molecule has 164 valence electrons. The molecule has 2 heterocycles. The molecule has 2 aromatic heterocycles. The monoisotopic (exact) mass is 427 g/mol. The van der Waals surface area contributed by atoms with E-state index < -0.39 is 0 Å². The zero-order valence-electron chi connectivity index (χ0n) is 18.7. The van der Waals surface area contributed by atoms with E-state index in [0.717, 1.165) is 41.8 Å². The van der Waals surface area contributed by atoms with Gasteiger partial charge < -0.3 is 9.80 Å². The summed E-state index contributed by atoms with van der Waals surface area (Å²) in [5.41, 5.74) is 3.57. The number of carbonyl (C=O) groups is 1. The van der Waals surface area contributed by atoms with E-state index in [0.29, 0.717) is 19.0 Å². The molecule has 0 aliphatic heterocycles. The van der Waals surface area contributed by atoms with Crippen molar-refractivity contribution in [2.75, 3.05) is 19.0 Å². The van der Waals surface area contributed by atoms with Crippen LogP contribution in [0.1, 0.15) is 30.5 Å². The van der Waals surface area contributed by atoms with Gasteiger partial charge in [0.15, 0.2) is 0 Å². The van der Waals surface area contributed by atoms with Gasteiger partial charge in [0.25, 0.3) is 0 Å². The molecule has 0 saturated carbocycles. The van der Waals surface area contributed by atoms with Crippen LogP contribution in [0.5, 0.6) is 0 Å². The first-order valence-corrected chi connectivity index (χ1v) is 11.0. The maximum atomic E-state index is 13.6. The number of carbonyl (C=O) groups excluding carboxylic acids is 1. The number of aromatic nitrogens is 3. The maximum absolute atomic E-state index is 13.6. The van der Waals surface area contributed by atoms with Gasteiger partial charge in [0.1, 0.15) is 0 Å². The summed E-state index contributed by atoms with van der Waals surface area (Å²) in [6, 6.07) is 15.9. The number of hydrogen-bond donors (Lipinski definition) is 0. The van der Waals surface area contributed by atoms with Gasteiger partial charge in [-0.3, -0.25) is 9.78 Å². The van der Waals surface area contributed by atoms with Gasteiger partial charge in [-0.1, -0.05) is 48.6 Å². The Morgan fingerprint density at radius 2 is 1.81 bits per heavy atom. The molecule has 3 aromatic rings. The molecule has 1 aliphatic rings. The molecule has 0 bridgehead atoms. The number of anilines is 1. The number of amides is 1. The van der Waals surface area contributed by atoms with Crippen LogP contribution in [0.4, 0.5) is 5.95 Å². The summed E-state index contributed by atoms with van der Waals surface area (Å²) in [5.74, 6) is 0.805. The zero-order chi connectivity index (χ0) is 22.3. The highest BCUT2D eigenvalue weighted by Crippen LogP contribution is 2.26. The first-order chi connectivity index (χ1) is 15.6. The van der Waals surface area contributed by atoms with E-state index in [1.807, 2.05) is 66.5 Å². The predicted octanol–water partition coefficient (Wildman–Crippen LogP) is 4.49. The second-order valence-corrected chi connectivity index (χ2v) is 8.30. The van der Waals surface area contributed by atoms with Crippen LogP contribution < -0.4 is 4.90 Å². The summed E-state index contributed by atoms with van der Waals surface area (Å²) in [6.45, 7) is 0.950. The maximum Gasteiger partial charge on any atom is 0.226 e. The van der Waals surface area contributed by atoms with Crippen LogP contribution in [0.3, 0.4) is 0 Å². The molecule has 32 heavy (non-hydrogen) atoms. The summed E-state index contributed by atoms with van der Waals surface area (Å²) in [4.78, 5) is 31.2. The number of allylic oxidation sites excluding steroid dienone is 2. The van der Waals surface area contributed by atoms with Crippen molar-refractivity contribution in [2.45, 2.75) is 32.4 Å². The highest BCUT2D eigenvalue weighted by atomic mass is 16.2. The van der Waals surface area contributed by atoms with Gasteiger partial charge in [-0.05, 0) is 37.0 Å². The van der Waals surface area contributed by atoms with Crippen molar-refractivity contribution in [3.05, 3.63) is 84.3 Å². The number of rotatable bonds is 7. The van der Waals surface area contributed by atoms with Gasteiger partial charge in [-0.2, -0.15) is 0 Å².